The summed E-state index contributed by atoms with van der Waals surface area (Å²) in [6.07, 6.45) is 0. The number of nitrogens with one attached hydrogen (secondary N) is 2. The van der Waals surface area contributed by atoms with Gasteiger partial charge in [0.1, 0.15) is 18.0 Å². The van der Waals surface area contributed by atoms with Crippen LogP contribution in [-0.4, -0.2) is 30.6 Å². The SMILES string of the molecule is COc1cc(NC(=O)c2ccccc2)c(OC)cc1NC(=O)Cn1c(C)cc2ccccc21. The summed E-state index contributed by atoms with van der Waals surface area (Å²) in [5.41, 5.74) is 3.40. The Labute approximate surface area is 191 Å². The number of methoxy groups -OCH3 is 2. The lowest BCUT2D eigenvalue weighted by molar-refractivity contribution is -0.116. The zero-order chi connectivity index (χ0) is 23.4. The Morgan fingerprint density at radius 1 is 0.818 bits per heavy atom. The molecule has 2 amide bonds. The quantitative estimate of drug-likeness (QED) is 0.428. The third kappa shape index (κ3) is 4.67. The van der Waals surface area contributed by atoms with Gasteiger partial charge in [-0.05, 0) is 36.6 Å². The van der Waals surface area contributed by atoms with Gasteiger partial charge in [-0.15, -0.1) is 0 Å². The fraction of sp³-hybridized carbons (Fsp3) is 0.154. The van der Waals surface area contributed by atoms with E-state index in [0.717, 1.165) is 16.6 Å². The molecule has 0 saturated heterocycles. The first-order valence-corrected chi connectivity index (χ1v) is 10.5. The van der Waals surface area contributed by atoms with Gasteiger partial charge < -0.3 is 24.7 Å². The summed E-state index contributed by atoms with van der Waals surface area (Å²) in [5.74, 6) is 0.322. The molecule has 0 spiro atoms. The summed E-state index contributed by atoms with van der Waals surface area (Å²) in [4.78, 5) is 25.5. The van der Waals surface area contributed by atoms with Crippen LogP contribution in [0, 0.1) is 6.92 Å². The van der Waals surface area contributed by atoms with Gasteiger partial charge in [-0.2, -0.15) is 0 Å². The van der Waals surface area contributed by atoms with Crippen LogP contribution in [0.5, 0.6) is 11.5 Å². The molecule has 0 aliphatic carbocycles. The highest BCUT2D eigenvalue weighted by Gasteiger charge is 2.17. The Kier molecular flexibility index (Phi) is 6.31. The van der Waals surface area contributed by atoms with E-state index in [0.29, 0.717) is 28.4 Å². The van der Waals surface area contributed by atoms with Crippen LogP contribution in [0.4, 0.5) is 11.4 Å². The number of para-hydroxylation sites is 1. The van der Waals surface area contributed by atoms with Gasteiger partial charge in [-0.1, -0.05) is 36.4 Å². The summed E-state index contributed by atoms with van der Waals surface area (Å²) in [6.45, 7) is 2.12. The molecule has 3 aromatic carbocycles. The number of carbonyl (C=O) groups excluding carboxylic acids is 2. The second kappa shape index (κ2) is 9.48. The number of carbonyl (C=O) groups is 2. The normalized spacial score (nSPS) is 10.6. The van der Waals surface area contributed by atoms with Crippen molar-refractivity contribution in [3.8, 4) is 11.5 Å². The van der Waals surface area contributed by atoms with Crippen molar-refractivity contribution in [2.24, 2.45) is 0 Å². The zero-order valence-electron chi connectivity index (χ0n) is 18.7. The van der Waals surface area contributed by atoms with E-state index < -0.39 is 0 Å². The van der Waals surface area contributed by atoms with E-state index in [4.69, 9.17) is 9.47 Å². The number of aryl methyl sites for hydroxylation is 1. The summed E-state index contributed by atoms with van der Waals surface area (Å²) < 4.78 is 12.9. The van der Waals surface area contributed by atoms with Gasteiger partial charge in [0, 0.05) is 28.9 Å². The standard InChI is InChI=1S/C26H25N3O4/c1-17-13-19-11-7-8-12-22(19)29(17)16-25(30)27-20-14-24(33-3)21(15-23(20)32-2)28-26(31)18-9-5-4-6-10-18/h4-15H,16H2,1-3H3,(H,27,30)(H,28,31). The second-order valence-corrected chi connectivity index (χ2v) is 7.55. The number of benzene rings is 3. The second-order valence-electron chi connectivity index (χ2n) is 7.55. The van der Waals surface area contributed by atoms with Gasteiger partial charge in [0.25, 0.3) is 5.91 Å². The Balaban J connectivity index is 1.56. The fourth-order valence-corrected chi connectivity index (χ4v) is 3.77. The van der Waals surface area contributed by atoms with Crippen molar-refractivity contribution in [2.45, 2.75) is 13.5 Å². The first kappa shape index (κ1) is 22.0. The summed E-state index contributed by atoms with van der Waals surface area (Å²) in [6, 6.07) is 22.1. The van der Waals surface area contributed by atoms with Crippen molar-refractivity contribution in [3.63, 3.8) is 0 Å². The Morgan fingerprint density at radius 2 is 1.42 bits per heavy atom. The third-order valence-electron chi connectivity index (χ3n) is 5.40. The number of aromatic nitrogens is 1. The van der Waals surface area contributed by atoms with Crippen molar-refractivity contribution >= 4 is 34.1 Å². The molecule has 7 heteroatoms. The Bertz CT molecular complexity index is 1310. The van der Waals surface area contributed by atoms with Gasteiger partial charge in [-0.25, -0.2) is 0 Å². The molecule has 0 aliphatic rings. The van der Waals surface area contributed by atoms with Crippen LogP contribution in [0.25, 0.3) is 10.9 Å². The van der Waals surface area contributed by atoms with Crippen molar-refractivity contribution in [1.82, 2.24) is 4.57 Å². The lowest BCUT2D eigenvalue weighted by Crippen LogP contribution is -2.20. The van der Waals surface area contributed by atoms with Crippen LogP contribution in [-0.2, 0) is 11.3 Å². The molecule has 0 saturated carbocycles. The molecule has 1 heterocycles. The van der Waals surface area contributed by atoms with Gasteiger partial charge in [0.05, 0.1) is 25.6 Å². The molecule has 0 fully saturated rings. The summed E-state index contributed by atoms with van der Waals surface area (Å²) in [7, 11) is 3.00. The predicted molar refractivity (Wildman–Crippen MR) is 129 cm³/mol. The molecule has 0 radical (unpaired) electrons. The average Bonchev–Trinajstić information content (AvgIpc) is 3.15. The first-order chi connectivity index (χ1) is 16.0. The number of ether oxygens (including phenoxy) is 2. The van der Waals surface area contributed by atoms with Crippen LogP contribution < -0.4 is 20.1 Å². The highest BCUT2D eigenvalue weighted by molar-refractivity contribution is 6.05. The van der Waals surface area contributed by atoms with Crippen LogP contribution in [0.3, 0.4) is 0 Å². The lowest BCUT2D eigenvalue weighted by Gasteiger charge is -2.17. The molecule has 0 atom stereocenters. The molecule has 0 unspecified atom stereocenters. The maximum Gasteiger partial charge on any atom is 0.255 e. The first-order valence-electron chi connectivity index (χ1n) is 10.5. The zero-order valence-corrected chi connectivity index (χ0v) is 18.7. The number of hydrogen-bond donors (Lipinski definition) is 2. The topological polar surface area (TPSA) is 81.6 Å². The fourth-order valence-electron chi connectivity index (χ4n) is 3.77. The third-order valence-corrected chi connectivity index (χ3v) is 5.40. The van der Waals surface area contributed by atoms with Crippen molar-refractivity contribution in [3.05, 3.63) is 84.1 Å². The number of hydrogen-bond acceptors (Lipinski definition) is 4. The van der Waals surface area contributed by atoms with E-state index in [9.17, 15) is 9.59 Å². The molecule has 168 valence electrons. The lowest BCUT2D eigenvalue weighted by atomic mass is 10.2. The van der Waals surface area contributed by atoms with E-state index in [1.165, 1.54) is 14.2 Å². The molecular weight excluding hydrogens is 418 g/mol. The van der Waals surface area contributed by atoms with Gasteiger partial charge >= 0.3 is 0 Å². The molecule has 7 nitrogen and oxygen atoms in total. The predicted octanol–water partition coefficient (Wildman–Crippen LogP) is 4.86. The van der Waals surface area contributed by atoms with Gasteiger partial charge in [-0.3, -0.25) is 9.59 Å². The van der Waals surface area contributed by atoms with Crippen molar-refractivity contribution in [1.29, 1.82) is 0 Å². The van der Waals surface area contributed by atoms with Gasteiger partial charge in [0.2, 0.25) is 5.91 Å². The molecule has 33 heavy (non-hydrogen) atoms. The van der Waals surface area contributed by atoms with Crippen molar-refractivity contribution < 1.29 is 19.1 Å². The van der Waals surface area contributed by atoms with Crippen LogP contribution in [0.2, 0.25) is 0 Å². The number of amides is 2. The molecule has 0 bridgehead atoms. The summed E-state index contributed by atoms with van der Waals surface area (Å²) >= 11 is 0. The maximum atomic E-state index is 12.9. The number of rotatable bonds is 7. The Morgan fingerprint density at radius 3 is 2.09 bits per heavy atom. The van der Waals surface area contributed by atoms with E-state index in [1.54, 1.807) is 36.4 Å². The molecule has 4 rings (SSSR count). The largest absolute Gasteiger partial charge is 0.494 e. The molecule has 1 aromatic heterocycles. The molecule has 4 aromatic rings. The summed E-state index contributed by atoms with van der Waals surface area (Å²) in [5, 5.41) is 6.82. The molecule has 0 aliphatic heterocycles. The van der Waals surface area contributed by atoms with Gasteiger partial charge in [0.15, 0.2) is 0 Å². The number of anilines is 2. The minimum absolute atomic E-state index is 0.150. The highest BCUT2D eigenvalue weighted by atomic mass is 16.5. The minimum atomic E-state index is -0.275. The average molecular weight is 444 g/mol. The van der Waals surface area contributed by atoms with Crippen molar-refractivity contribution in [2.75, 3.05) is 24.9 Å². The maximum absolute atomic E-state index is 12.9. The monoisotopic (exact) mass is 443 g/mol. The molecule has 2 N–H and O–H groups in total. The minimum Gasteiger partial charge on any atom is -0.494 e. The van der Waals surface area contributed by atoms with Crippen LogP contribution >= 0.6 is 0 Å². The van der Waals surface area contributed by atoms with Crippen LogP contribution in [0.15, 0.2) is 72.8 Å². The molecular formula is C26H25N3O4. The van der Waals surface area contributed by atoms with E-state index >= 15 is 0 Å². The van der Waals surface area contributed by atoms with E-state index in [1.807, 2.05) is 41.8 Å². The van der Waals surface area contributed by atoms with E-state index in [2.05, 4.69) is 16.7 Å². The van der Waals surface area contributed by atoms with E-state index in [-0.39, 0.29) is 18.4 Å². The highest BCUT2D eigenvalue weighted by Crippen LogP contribution is 2.36. The number of nitrogens with zero attached hydrogens (tertiary/aromatic N) is 1. The Hall–Kier alpha value is -4.26. The number of fused-ring (bicyclic) bond motifs is 1. The smallest absolute Gasteiger partial charge is 0.255 e. The van der Waals surface area contributed by atoms with Crippen LogP contribution in [0.1, 0.15) is 16.1 Å².